The molecule has 1 aliphatic rings. The third-order valence-electron chi connectivity index (χ3n) is 3.53. The lowest BCUT2D eigenvalue weighted by Crippen LogP contribution is -2.30. The van der Waals surface area contributed by atoms with Crippen LogP contribution in [0, 0.1) is 0 Å². The van der Waals surface area contributed by atoms with Gasteiger partial charge in [0.05, 0.1) is 6.20 Å². The summed E-state index contributed by atoms with van der Waals surface area (Å²) in [6.07, 6.45) is 9.34. The van der Waals surface area contributed by atoms with Crippen LogP contribution in [0.1, 0.15) is 5.56 Å². The summed E-state index contributed by atoms with van der Waals surface area (Å²) in [6, 6.07) is 2.08. The van der Waals surface area contributed by atoms with E-state index < -0.39 is 0 Å². The fourth-order valence-corrected chi connectivity index (χ4v) is 3.92. The van der Waals surface area contributed by atoms with Gasteiger partial charge in [0.15, 0.2) is 5.01 Å². The summed E-state index contributed by atoms with van der Waals surface area (Å²) in [6.45, 7) is 0.857. The van der Waals surface area contributed by atoms with Gasteiger partial charge in [0.1, 0.15) is 6.54 Å². The molecule has 0 aromatic carbocycles. The summed E-state index contributed by atoms with van der Waals surface area (Å²) >= 11 is 1.77. The first-order chi connectivity index (χ1) is 9.42. The van der Waals surface area contributed by atoms with Crippen LogP contribution in [0.2, 0.25) is 0 Å². The van der Waals surface area contributed by atoms with Crippen LogP contribution < -0.4 is 4.57 Å². The number of aromatic nitrogens is 5. The normalized spacial score (nSPS) is 13.1. The predicted octanol–water partition coefficient (Wildman–Crippen LogP) is 1.66. The highest BCUT2D eigenvalue weighted by atomic mass is 32.1. The van der Waals surface area contributed by atoms with Gasteiger partial charge in [-0.1, -0.05) is 11.3 Å². The Morgan fingerprint density at radius 1 is 1.21 bits per heavy atom. The molecule has 0 saturated heterocycles. The highest BCUT2D eigenvalue weighted by molar-refractivity contribution is 7.20. The minimum Gasteiger partial charge on any atom is -0.264 e. The molecule has 19 heavy (non-hydrogen) atoms. The summed E-state index contributed by atoms with van der Waals surface area (Å²) in [5.74, 6) is 0. The van der Waals surface area contributed by atoms with E-state index >= 15 is 0 Å². The molecule has 0 fully saturated rings. The lowest BCUT2D eigenvalue weighted by atomic mass is 10.2. The average molecular weight is 266 g/mol. The maximum absolute atomic E-state index is 4.68. The van der Waals surface area contributed by atoms with Crippen LogP contribution in [0.3, 0.4) is 0 Å². The van der Waals surface area contributed by atoms with Gasteiger partial charge in [-0.25, -0.2) is 4.57 Å². The molecule has 4 aromatic rings. The first kappa shape index (κ1) is 9.57. The molecule has 0 spiro atoms. The van der Waals surface area contributed by atoms with Crippen molar-refractivity contribution in [1.82, 2.24) is 19.4 Å². The predicted molar refractivity (Wildman–Crippen MR) is 70.9 cm³/mol. The topological polar surface area (TPSA) is 47.0 Å². The van der Waals surface area contributed by atoms with E-state index in [0.29, 0.717) is 0 Å². The van der Waals surface area contributed by atoms with Crippen molar-refractivity contribution in [1.29, 1.82) is 0 Å². The first-order valence-corrected chi connectivity index (χ1v) is 6.81. The molecule has 0 saturated carbocycles. The van der Waals surface area contributed by atoms with Crippen LogP contribution in [0.5, 0.6) is 0 Å². The molecule has 1 aliphatic heterocycles. The van der Waals surface area contributed by atoms with E-state index in [1.54, 1.807) is 23.7 Å². The zero-order valence-electron chi connectivity index (χ0n) is 9.82. The Kier molecular flexibility index (Phi) is 1.59. The minimum atomic E-state index is 0.857. The molecule has 5 heterocycles. The number of nitrogens with zero attached hydrogens (tertiary/aromatic N) is 5. The monoisotopic (exact) mass is 266 g/mol. The summed E-state index contributed by atoms with van der Waals surface area (Å²) < 4.78 is 4.36. The number of imidazole rings is 1. The molecule has 5 nitrogen and oxygen atoms in total. The van der Waals surface area contributed by atoms with E-state index in [0.717, 1.165) is 17.8 Å². The Balaban J connectivity index is 1.93. The number of fused-ring (bicyclic) bond motifs is 7. The molecule has 0 aliphatic carbocycles. The van der Waals surface area contributed by atoms with Gasteiger partial charge in [0.2, 0.25) is 4.83 Å². The number of hydrogen-bond acceptors (Lipinski definition) is 4. The van der Waals surface area contributed by atoms with Crippen molar-refractivity contribution in [3.05, 3.63) is 42.6 Å². The second-order valence-electron chi connectivity index (χ2n) is 4.57. The standard InChI is InChI=1S/C13H8N5S/c1-2-14-5-8-7-18-11-13(19-12(18)9(1)8)17-4-3-15-6-10(17)16-11/h1-6H,7H2/q+1. The number of thiazole rings is 1. The SMILES string of the molecule is c1cc2c(cn1)C[n+]1c-2sc2c1nc1cnccn12. The molecule has 90 valence electrons. The smallest absolute Gasteiger partial charge is 0.264 e. The van der Waals surface area contributed by atoms with E-state index in [9.17, 15) is 0 Å². The summed E-state index contributed by atoms with van der Waals surface area (Å²) in [5.41, 5.74) is 4.48. The highest BCUT2D eigenvalue weighted by Gasteiger charge is 2.32. The van der Waals surface area contributed by atoms with E-state index in [4.69, 9.17) is 0 Å². The Hall–Kier alpha value is -2.34. The van der Waals surface area contributed by atoms with Crippen LogP contribution >= 0.6 is 11.3 Å². The molecule has 0 radical (unpaired) electrons. The quantitative estimate of drug-likeness (QED) is 0.400. The van der Waals surface area contributed by atoms with Gasteiger partial charge in [0, 0.05) is 35.9 Å². The molecule has 0 bridgehead atoms. The second kappa shape index (κ2) is 3.16. The van der Waals surface area contributed by atoms with Crippen molar-refractivity contribution in [2.75, 3.05) is 0 Å². The van der Waals surface area contributed by atoms with Crippen molar-refractivity contribution in [3.8, 4) is 10.6 Å². The Morgan fingerprint density at radius 3 is 3.16 bits per heavy atom. The number of pyridine rings is 1. The van der Waals surface area contributed by atoms with Crippen molar-refractivity contribution in [2.45, 2.75) is 6.54 Å². The van der Waals surface area contributed by atoms with Gasteiger partial charge in [-0.3, -0.25) is 14.4 Å². The highest BCUT2D eigenvalue weighted by Crippen LogP contribution is 2.34. The molecule has 0 atom stereocenters. The average Bonchev–Trinajstić information content (AvgIpc) is 3.07. The van der Waals surface area contributed by atoms with Gasteiger partial charge >= 0.3 is 5.65 Å². The molecule has 0 unspecified atom stereocenters. The lowest BCUT2D eigenvalue weighted by molar-refractivity contribution is -0.643. The minimum absolute atomic E-state index is 0.857. The van der Waals surface area contributed by atoms with Gasteiger partial charge in [-0.2, -0.15) is 0 Å². The molecule has 0 N–H and O–H groups in total. The van der Waals surface area contributed by atoms with Crippen LogP contribution in [-0.2, 0) is 6.54 Å². The van der Waals surface area contributed by atoms with Gasteiger partial charge in [0.25, 0.3) is 5.65 Å². The molecular formula is C13H8N5S+. The van der Waals surface area contributed by atoms with Crippen molar-refractivity contribution >= 4 is 27.5 Å². The summed E-state index contributed by atoms with van der Waals surface area (Å²) in [7, 11) is 0. The van der Waals surface area contributed by atoms with Crippen LogP contribution in [-0.4, -0.2) is 19.4 Å². The van der Waals surface area contributed by atoms with Crippen molar-refractivity contribution < 1.29 is 4.57 Å². The molecule has 4 aromatic heterocycles. The van der Waals surface area contributed by atoms with E-state index in [1.165, 1.54) is 21.0 Å². The van der Waals surface area contributed by atoms with Gasteiger partial charge < -0.3 is 0 Å². The number of hydrogen-bond donors (Lipinski definition) is 0. The zero-order chi connectivity index (χ0) is 12.4. The van der Waals surface area contributed by atoms with Crippen molar-refractivity contribution in [3.63, 3.8) is 0 Å². The van der Waals surface area contributed by atoms with Crippen LogP contribution in [0.4, 0.5) is 0 Å². The molecule has 5 rings (SSSR count). The second-order valence-corrected chi connectivity index (χ2v) is 5.55. The first-order valence-electron chi connectivity index (χ1n) is 5.99. The Morgan fingerprint density at radius 2 is 2.16 bits per heavy atom. The van der Waals surface area contributed by atoms with E-state index in [2.05, 4.69) is 30.0 Å². The maximum Gasteiger partial charge on any atom is 0.362 e. The number of rotatable bonds is 0. The fraction of sp³-hybridized carbons (Fsp3) is 0.0769. The zero-order valence-corrected chi connectivity index (χ0v) is 10.6. The summed E-state index contributed by atoms with van der Waals surface area (Å²) in [5, 5.41) is 1.26. The fourth-order valence-electron chi connectivity index (χ4n) is 2.66. The largest absolute Gasteiger partial charge is 0.362 e. The third-order valence-corrected chi connectivity index (χ3v) is 4.73. The van der Waals surface area contributed by atoms with Gasteiger partial charge in [-0.15, -0.1) is 0 Å². The van der Waals surface area contributed by atoms with Gasteiger partial charge in [-0.05, 0) is 11.1 Å². The van der Waals surface area contributed by atoms with Crippen molar-refractivity contribution in [2.24, 2.45) is 0 Å². The molecular weight excluding hydrogens is 258 g/mol. The molecule has 6 heteroatoms. The lowest BCUT2D eigenvalue weighted by Gasteiger charge is -1.91. The maximum atomic E-state index is 4.68. The molecule has 0 amide bonds. The Labute approximate surface area is 111 Å². The van der Waals surface area contributed by atoms with E-state index in [1.807, 2.05) is 18.6 Å². The third kappa shape index (κ3) is 1.09. The van der Waals surface area contributed by atoms with Crippen LogP contribution in [0.15, 0.2) is 37.1 Å². The Bertz CT molecular complexity index is 952. The van der Waals surface area contributed by atoms with E-state index in [-0.39, 0.29) is 0 Å². The summed E-state index contributed by atoms with van der Waals surface area (Å²) in [4.78, 5) is 14.2. The van der Waals surface area contributed by atoms with Crippen LogP contribution in [0.25, 0.3) is 26.7 Å².